The molecule has 0 aromatic heterocycles. The smallest absolute Gasteiger partial charge is 0.306 e. The number of hydrogen-bond donors (Lipinski definition) is 0. The molecule has 0 N–H and O–H groups in total. The highest BCUT2D eigenvalue weighted by atomic mass is 31.2. The number of carbonyl (C=O) groups is 2. The van der Waals surface area contributed by atoms with E-state index in [0.29, 0.717) is 17.4 Å². The maximum atomic E-state index is 12.9. The van der Waals surface area contributed by atoms with Crippen LogP contribution in [0.3, 0.4) is 0 Å². The molecular formula is C84H166NO8P. The lowest BCUT2D eigenvalue weighted by molar-refractivity contribution is -0.870. The summed E-state index contributed by atoms with van der Waals surface area (Å²) in [4.78, 5) is 38.2. The minimum absolute atomic E-state index is 0.0253. The van der Waals surface area contributed by atoms with Crippen LogP contribution in [0.1, 0.15) is 463 Å². The lowest BCUT2D eigenvalue weighted by atomic mass is 10.0. The maximum absolute atomic E-state index is 12.9. The fourth-order valence-corrected chi connectivity index (χ4v) is 14.0. The molecule has 0 rings (SSSR count). The van der Waals surface area contributed by atoms with Crippen molar-refractivity contribution < 1.29 is 42.1 Å². The van der Waals surface area contributed by atoms with Crippen LogP contribution < -0.4 is 4.89 Å². The minimum atomic E-state index is -4.64. The third-order valence-electron chi connectivity index (χ3n) is 19.8. The van der Waals surface area contributed by atoms with Gasteiger partial charge in [0, 0.05) is 12.8 Å². The van der Waals surface area contributed by atoms with E-state index in [-0.39, 0.29) is 32.0 Å². The lowest BCUT2D eigenvalue weighted by Crippen LogP contribution is -2.37. The zero-order chi connectivity index (χ0) is 68.3. The molecule has 10 heteroatoms. The minimum Gasteiger partial charge on any atom is -0.756 e. The number of carbonyl (C=O) groups excluding carboxylic acids is 2. The van der Waals surface area contributed by atoms with Crippen molar-refractivity contribution in [3.63, 3.8) is 0 Å². The summed E-state index contributed by atoms with van der Waals surface area (Å²) in [6, 6.07) is 0. The molecule has 9 nitrogen and oxygen atoms in total. The molecule has 2 unspecified atom stereocenters. The molecule has 0 saturated heterocycles. The van der Waals surface area contributed by atoms with Crippen LogP contribution in [0.15, 0.2) is 12.2 Å². The Balaban J connectivity index is 3.85. The van der Waals surface area contributed by atoms with Gasteiger partial charge in [-0.3, -0.25) is 14.2 Å². The predicted molar refractivity (Wildman–Crippen MR) is 407 cm³/mol. The molecule has 0 radical (unpaired) electrons. The number of unbranched alkanes of at least 4 members (excludes halogenated alkanes) is 65. The highest BCUT2D eigenvalue weighted by Gasteiger charge is 2.22. The quantitative estimate of drug-likeness (QED) is 0.0195. The van der Waals surface area contributed by atoms with Gasteiger partial charge in [-0.05, 0) is 38.5 Å². The number of phosphoric ester groups is 1. The van der Waals surface area contributed by atoms with Gasteiger partial charge in [0.15, 0.2) is 6.10 Å². The molecular weight excluding hydrogens is 1180 g/mol. The predicted octanol–water partition coefficient (Wildman–Crippen LogP) is 27.6. The summed E-state index contributed by atoms with van der Waals surface area (Å²) in [7, 11) is 1.20. The average Bonchev–Trinajstić information content (AvgIpc) is 1.56. The molecule has 0 bridgehead atoms. The van der Waals surface area contributed by atoms with Crippen LogP contribution in [0.5, 0.6) is 0 Å². The van der Waals surface area contributed by atoms with Crippen molar-refractivity contribution in [2.24, 2.45) is 0 Å². The van der Waals surface area contributed by atoms with Crippen LogP contribution in [0.2, 0.25) is 0 Å². The second-order valence-electron chi connectivity index (χ2n) is 30.6. The standard InChI is InChI=1S/C84H166NO8P/c1-6-8-10-12-14-16-18-20-22-24-26-28-30-32-34-36-38-39-40-41-42-43-44-45-47-49-51-53-55-57-59-61-63-65-67-69-71-73-75-77-84(87)93-82(81-92-94(88,89)91-79-78-85(3,4)5)80-90-83(86)76-74-72-70-68-66-64-62-60-58-56-54-52-50-48-46-37-35-33-31-29-27-25-23-21-19-17-15-13-11-9-7-2/h24,26,82H,6-23,25,27-81H2,1-5H3/b26-24-. The maximum Gasteiger partial charge on any atom is 0.306 e. The van der Waals surface area contributed by atoms with Gasteiger partial charge in [0.1, 0.15) is 19.8 Å². The molecule has 0 aromatic carbocycles. The van der Waals surface area contributed by atoms with E-state index in [1.165, 1.54) is 398 Å². The Morgan fingerprint density at radius 3 is 0.787 bits per heavy atom. The first-order chi connectivity index (χ1) is 46.0. The first-order valence-electron chi connectivity index (χ1n) is 42.4. The first-order valence-corrected chi connectivity index (χ1v) is 43.9. The Bertz CT molecular complexity index is 1590. The summed E-state index contributed by atoms with van der Waals surface area (Å²) >= 11 is 0. The summed E-state index contributed by atoms with van der Waals surface area (Å²) in [6.45, 7) is 4.34. The van der Waals surface area contributed by atoms with E-state index in [2.05, 4.69) is 26.0 Å². The molecule has 0 aliphatic carbocycles. The highest BCUT2D eigenvalue weighted by Crippen LogP contribution is 2.38. The number of ether oxygens (including phenoxy) is 2. The molecule has 2 atom stereocenters. The first kappa shape index (κ1) is 92.8. The molecule has 0 saturated carbocycles. The van der Waals surface area contributed by atoms with Gasteiger partial charge in [-0.1, -0.05) is 424 Å². The highest BCUT2D eigenvalue weighted by molar-refractivity contribution is 7.45. The Morgan fingerprint density at radius 1 is 0.319 bits per heavy atom. The van der Waals surface area contributed by atoms with Gasteiger partial charge >= 0.3 is 11.9 Å². The fraction of sp³-hybridized carbons (Fsp3) is 0.952. The normalized spacial score (nSPS) is 13.0. The monoisotopic (exact) mass is 1350 g/mol. The van der Waals surface area contributed by atoms with Crippen molar-refractivity contribution in [2.75, 3.05) is 47.5 Å². The molecule has 94 heavy (non-hydrogen) atoms. The second-order valence-corrected chi connectivity index (χ2v) is 32.0. The van der Waals surface area contributed by atoms with Gasteiger partial charge < -0.3 is 27.9 Å². The van der Waals surface area contributed by atoms with E-state index in [0.717, 1.165) is 32.1 Å². The van der Waals surface area contributed by atoms with Crippen LogP contribution in [-0.4, -0.2) is 70.0 Å². The molecule has 0 aromatic rings. The number of likely N-dealkylation sites (N-methyl/N-ethyl adjacent to an activating group) is 1. The van der Waals surface area contributed by atoms with Gasteiger partial charge in [0.2, 0.25) is 0 Å². The van der Waals surface area contributed by atoms with Crippen LogP contribution >= 0.6 is 7.82 Å². The number of quaternary nitrogens is 1. The number of esters is 2. The Hall–Kier alpha value is -1.25. The van der Waals surface area contributed by atoms with Gasteiger partial charge in [-0.2, -0.15) is 0 Å². The Morgan fingerprint density at radius 2 is 0.543 bits per heavy atom. The summed E-state index contributed by atoms with van der Waals surface area (Å²) in [5, 5.41) is 0. The van der Waals surface area contributed by atoms with E-state index < -0.39 is 26.5 Å². The van der Waals surface area contributed by atoms with Crippen LogP contribution in [0.4, 0.5) is 0 Å². The summed E-state index contributed by atoms with van der Waals surface area (Å²) < 4.78 is 34.5. The molecule has 0 heterocycles. The van der Waals surface area contributed by atoms with Crippen molar-refractivity contribution in [1.82, 2.24) is 0 Å². The van der Waals surface area contributed by atoms with E-state index in [4.69, 9.17) is 18.5 Å². The van der Waals surface area contributed by atoms with Crippen molar-refractivity contribution in [3.8, 4) is 0 Å². The number of nitrogens with zero attached hydrogens (tertiary/aromatic N) is 1. The molecule has 0 aliphatic rings. The van der Waals surface area contributed by atoms with Crippen molar-refractivity contribution in [2.45, 2.75) is 469 Å². The third-order valence-corrected chi connectivity index (χ3v) is 20.7. The average molecular weight is 1350 g/mol. The van der Waals surface area contributed by atoms with E-state index >= 15 is 0 Å². The van der Waals surface area contributed by atoms with Gasteiger partial charge in [0.05, 0.1) is 27.7 Å². The molecule has 0 aliphatic heterocycles. The second kappa shape index (κ2) is 75.9. The fourth-order valence-electron chi connectivity index (χ4n) is 13.3. The van der Waals surface area contributed by atoms with Gasteiger partial charge in [-0.15, -0.1) is 0 Å². The summed E-state index contributed by atoms with van der Waals surface area (Å²) in [6.07, 6.45) is 96.6. The Labute approximate surface area is 587 Å². The van der Waals surface area contributed by atoms with E-state index in [1.807, 2.05) is 21.1 Å². The number of phosphoric acid groups is 1. The van der Waals surface area contributed by atoms with E-state index in [9.17, 15) is 19.0 Å². The zero-order valence-corrected chi connectivity index (χ0v) is 65.1. The van der Waals surface area contributed by atoms with Crippen molar-refractivity contribution >= 4 is 19.8 Å². The third kappa shape index (κ3) is 79.7. The largest absolute Gasteiger partial charge is 0.756 e. The zero-order valence-electron chi connectivity index (χ0n) is 64.2. The number of rotatable bonds is 81. The lowest BCUT2D eigenvalue weighted by Gasteiger charge is -2.28. The number of allylic oxidation sites excluding steroid dienone is 2. The van der Waals surface area contributed by atoms with Crippen LogP contribution in [0, 0.1) is 0 Å². The Kier molecular flexibility index (Phi) is 74.9. The SMILES string of the molecule is CCCCCCCCCC/C=C\CCCCCCCCCCCCCCCCCCCCCCCCCCCCCC(=O)OC(COC(=O)CCCCCCCCCCCCCCCCCCCCCCCCCCCCCCCCC)COP(=O)([O-])OCC[N+](C)(C)C. The molecule has 560 valence electrons. The van der Waals surface area contributed by atoms with Crippen molar-refractivity contribution in [1.29, 1.82) is 0 Å². The number of hydrogen-bond acceptors (Lipinski definition) is 8. The van der Waals surface area contributed by atoms with Crippen molar-refractivity contribution in [3.05, 3.63) is 12.2 Å². The van der Waals surface area contributed by atoms with Crippen LogP contribution in [-0.2, 0) is 32.7 Å². The molecule has 0 amide bonds. The van der Waals surface area contributed by atoms with Crippen LogP contribution in [0.25, 0.3) is 0 Å². The summed E-state index contributed by atoms with van der Waals surface area (Å²) in [5.74, 6) is -0.801. The summed E-state index contributed by atoms with van der Waals surface area (Å²) in [5.41, 5.74) is 0. The van der Waals surface area contributed by atoms with Gasteiger partial charge in [0.25, 0.3) is 7.82 Å². The van der Waals surface area contributed by atoms with Gasteiger partial charge in [-0.25, -0.2) is 0 Å². The molecule has 0 fully saturated rings. The van der Waals surface area contributed by atoms with E-state index in [1.54, 1.807) is 0 Å². The topological polar surface area (TPSA) is 111 Å². The molecule has 0 spiro atoms.